The Labute approximate surface area is 212 Å². The van der Waals surface area contributed by atoms with E-state index in [4.69, 9.17) is 16.3 Å². The van der Waals surface area contributed by atoms with Gasteiger partial charge in [-0.25, -0.2) is 24.8 Å². The molecule has 3 aromatic carbocycles. The largest absolute Gasteiger partial charge is 0.487 e. The zero-order valence-corrected chi connectivity index (χ0v) is 20.2. The van der Waals surface area contributed by atoms with E-state index in [-0.39, 0.29) is 12.4 Å². The third-order valence-electron chi connectivity index (χ3n) is 5.57. The van der Waals surface area contributed by atoms with Gasteiger partial charge >= 0.3 is 0 Å². The van der Waals surface area contributed by atoms with E-state index in [2.05, 4.69) is 30.8 Å². The molecule has 0 aliphatic carbocycles. The van der Waals surface area contributed by atoms with Crippen molar-refractivity contribution < 1.29 is 9.13 Å². The summed E-state index contributed by atoms with van der Waals surface area (Å²) in [6.07, 6.45) is 3.23. The molecule has 36 heavy (non-hydrogen) atoms. The molecule has 182 valence electrons. The molecule has 0 saturated heterocycles. The highest BCUT2D eigenvalue weighted by Crippen LogP contribution is 2.31. The Morgan fingerprint density at radius 3 is 2.86 bits per heavy atom. The second-order valence-corrected chi connectivity index (χ2v) is 8.59. The molecule has 0 saturated carbocycles. The minimum atomic E-state index is -0.305. The van der Waals surface area contributed by atoms with Gasteiger partial charge in [0.05, 0.1) is 23.3 Å². The Morgan fingerprint density at radius 1 is 1.14 bits per heavy atom. The van der Waals surface area contributed by atoms with E-state index in [0.29, 0.717) is 16.6 Å². The highest BCUT2D eigenvalue weighted by molar-refractivity contribution is 6.32. The maximum absolute atomic E-state index is 13.4. The minimum Gasteiger partial charge on any atom is -0.487 e. The zero-order valence-electron chi connectivity index (χ0n) is 19.4. The molecular weight excluding hydrogens is 481 g/mol. The summed E-state index contributed by atoms with van der Waals surface area (Å²) in [6, 6.07) is 17.4. The predicted molar refractivity (Wildman–Crippen MR) is 141 cm³/mol. The lowest BCUT2D eigenvalue weighted by Gasteiger charge is -2.12. The molecule has 4 aromatic rings. The number of hydrogen-bond acceptors (Lipinski definition) is 8. The van der Waals surface area contributed by atoms with Gasteiger partial charge in [0.1, 0.15) is 30.3 Å². The monoisotopic (exact) mass is 503 g/mol. The van der Waals surface area contributed by atoms with Gasteiger partial charge in [0.25, 0.3) is 0 Å². The summed E-state index contributed by atoms with van der Waals surface area (Å²) in [6.45, 7) is 1.86. The van der Waals surface area contributed by atoms with Gasteiger partial charge in [0.2, 0.25) is 5.96 Å². The van der Waals surface area contributed by atoms with Crippen LogP contribution in [0, 0.1) is 5.82 Å². The number of likely N-dealkylation sites (N-methyl/N-ethyl adjacent to an activating group) is 1. The molecule has 2 N–H and O–H groups in total. The molecule has 0 radical (unpaired) electrons. The van der Waals surface area contributed by atoms with Crippen molar-refractivity contribution >= 4 is 46.2 Å². The van der Waals surface area contributed by atoms with Gasteiger partial charge in [-0.1, -0.05) is 29.8 Å². The molecule has 1 aliphatic heterocycles. The van der Waals surface area contributed by atoms with Gasteiger partial charge in [-0.3, -0.25) is 0 Å². The second-order valence-electron chi connectivity index (χ2n) is 8.18. The lowest BCUT2D eigenvalue weighted by molar-refractivity contribution is 0.306. The maximum Gasteiger partial charge on any atom is 0.214 e. The summed E-state index contributed by atoms with van der Waals surface area (Å²) in [4.78, 5) is 15.1. The number of nitrogens with zero attached hydrogens (tertiary/aromatic N) is 5. The predicted octanol–water partition coefficient (Wildman–Crippen LogP) is 4.97. The fourth-order valence-electron chi connectivity index (χ4n) is 3.69. The van der Waals surface area contributed by atoms with Crippen molar-refractivity contribution in [2.45, 2.75) is 6.61 Å². The van der Waals surface area contributed by atoms with Gasteiger partial charge in [-0.2, -0.15) is 5.10 Å². The molecule has 10 heteroatoms. The summed E-state index contributed by atoms with van der Waals surface area (Å²) in [5.74, 6) is 1.58. The average Bonchev–Trinajstić information content (AvgIpc) is 3.28. The number of rotatable bonds is 7. The number of ether oxygens (including phenoxy) is 1. The Bertz CT molecular complexity index is 1460. The van der Waals surface area contributed by atoms with Crippen molar-refractivity contribution in [1.82, 2.24) is 20.3 Å². The molecule has 0 unspecified atom stereocenters. The first-order chi connectivity index (χ1) is 17.5. The third kappa shape index (κ3) is 5.52. The highest BCUT2D eigenvalue weighted by Gasteiger charge is 2.11. The number of guanidine groups is 1. The number of nitrogens with one attached hydrogen (secondary N) is 2. The van der Waals surface area contributed by atoms with E-state index >= 15 is 0 Å². The molecule has 0 amide bonds. The third-order valence-corrected chi connectivity index (χ3v) is 5.87. The van der Waals surface area contributed by atoms with Crippen molar-refractivity contribution in [3.63, 3.8) is 0 Å². The van der Waals surface area contributed by atoms with Crippen LogP contribution in [0.1, 0.15) is 11.1 Å². The maximum atomic E-state index is 13.4. The SMILES string of the molecule is CN1CCN=C1NN=Cc1ccc2ncnc(Nc3ccc(OCc4cccc(F)c4)c(Cl)c3)c2c1. The average molecular weight is 504 g/mol. The molecule has 0 bridgehead atoms. The first kappa shape index (κ1) is 23.5. The Kier molecular flexibility index (Phi) is 6.90. The molecule has 0 fully saturated rings. The second kappa shape index (κ2) is 10.6. The Morgan fingerprint density at radius 2 is 2.06 bits per heavy atom. The van der Waals surface area contributed by atoms with Gasteiger partial charge < -0.3 is 15.0 Å². The van der Waals surface area contributed by atoms with Gasteiger partial charge in [0.15, 0.2) is 0 Å². The molecule has 8 nitrogen and oxygen atoms in total. The van der Waals surface area contributed by atoms with Crippen LogP contribution in [-0.2, 0) is 6.61 Å². The van der Waals surface area contributed by atoms with Crippen LogP contribution in [0.25, 0.3) is 10.9 Å². The molecule has 0 spiro atoms. The number of fused-ring (bicyclic) bond motifs is 1. The van der Waals surface area contributed by atoms with Crippen LogP contribution in [0.4, 0.5) is 15.9 Å². The molecular formula is C26H23ClFN7O. The number of aromatic nitrogens is 2. The van der Waals surface area contributed by atoms with Crippen molar-refractivity contribution in [3.05, 3.63) is 89.0 Å². The zero-order chi connectivity index (χ0) is 24.9. The number of halogens is 2. The number of anilines is 2. The van der Waals surface area contributed by atoms with Crippen molar-refractivity contribution in [2.24, 2.45) is 10.1 Å². The van der Waals surface area contributed by atoms with Crippen LogP contribution in [0.5, 0.6) is 5.75 Å². The van der Waals surface area contributed by atoms with E-state index in [1.165, 1.54) is 18.5 Å². The van der Waals surface area contributed by atoms with Crippen LogP contribution in [-0.4, -0.2) is 47.2 Å². The Balaban J connectivity index is 1.30. The molecule has 2 heterocycles. The first-order valence-corrected chi connectivity index (χ1v) is 11.7. The van der Waals surface area contributed by atoms with Crippen LogP contribution in [0.15, 0.2) is 77.1 Å². The van der Waals surface area contributed by atoms with Crippen molar-refractivity contribution in [2.75, 3.05) is 25.5 Å². The molecule has 1 aliphatic rings. The number of benzene rings is 3. The Hall–Kier alpha value is -4.24. The van der Waals surface area contributed by atoms with E-state index in [0.717, 1.165) is 46.8 Å². The van der Waals surface area contributed by atoms with Crippen LogP contribution >= 0.6 is 11.6 Å². The van der Waals surface area contributed by atoms with Gasteiger partial charge in [-0.15, -0.1) is 0 Å². The summed E-state index contributed by atoms with van der Waals surface area (Å²) in [5, 5.41) is 8.86. The van der Waals surface area contributed by atoms with Crippen LogP contribution < -0.4 is 15.5 Å². The summed E-state index contributed by atoms with van der Waals surface area (Å²) in [5.41, 5.74) is 6.10. The quantitative estimate of drug-likeness (QED) is 0.273. The van der Waals surface area contributed by atoms with Gasteiger partial charge in [-0.05, 0) is 53.6 Å². The van der Waals surface area contributed by atoms with Gasteiger partial charge in [0, 0.05) is 24.7 Å². The van der Waals surface area contributed by atoms with E-state index in [1.807, 2.05) is 36.2 Å². The number of hydrogen-bond donors (Lipinski definition) is 2. The van der Waals surface area contributed by atoms with E-state index in [9.17, 15) is 4.39 Å². The van der Waals surface area contributed by atoms with Crippen molar-refractivity contribution in [1.29, 1.82) is 0 Å². The molecule has 5 rings (SSSR count). The highest BCUT2D eigenvalue weighted by atomic mass is 35.5. The standard InChI is InChI=1S/C26H23ClFN7O/c1-35-10-9-29-26(35)34-32-14-17-5-7-23-21(12-17)25(31-16-30-23)33-20-6-8-24(22(27)13-20)36-15-18-3-2-4-19(28)11-18/h2-8,11-14,16H,9-10,15H2,1H3,(H,29,34)(H,30,31,33). The summed E-state index contributed by atoms with van der Waals surface area (Å²) < 4.78 is 19.2. The minimum absolute atomic E-state index is 0.212. The van der Waals surface area contributed by atoms with Crippen LogP contribution in [0.2, 0.25) is 5.02 Å². The normalized spacial score (nSPS) is 13.3. The smallest absolute Gasteiger partial charge is 0.214 e. The lowest BCUT2D eigenvalue weighted by atomic mass is 10.1. The summed E-state index contributed by atoms with van der Waals surface area (Å²) >= 11 is 6.45. The fraction of sp³-hybridized carbons (Fsp3) is 0.154. The topological polar surface area (TPSA) is 87.0 Å². The van der Waals surface area contributed by atoms with E-state index in [1.54, 1.807) is 30.5 Å². The summed E-state index contributed by atoms with van der Waals surface area (Å²) in [7, 11) is 1.97. The lowest BCUT2D eigenvalue weighted by Crippen LogP contribution is -2.32. The first-order valence-electron chi connectivity index (χ1n) is 11.3. The van der Waals surface area contributed by atoms with Crippen LogP contribution in [0.3, 0.4) is 0 Å². The van der Waals surface area contributed by atoms with Crippen molar-refractivity contribution in [3.8, 4) is 5.75 Å². The molecule has 0 atom stereocenters. The van der Waals surface area contributed by atoms with E-state index < -0.39 is 0 Å². The number of hydrazone groups is 1. The molecule has 1 aromatic heterocycles. The fourth-order valence-corrected chi connectivity index (χ4v) is 3.93. The number of aliphatic imine (C=N–C) groups is 1.